The van der Waals surface area contributed by atoms with Crippen LogP contribution in [0.1, 0.15) is 97.6 Å². The number of hydrogen-bond acceptors (Lipinski definition) is 19. The number of hydrogen-bond donors (Lipinski definition) is 7. The van der Waals surface area contributed by atoms with E-state index in [0.29, 0.717) is 24.0 Å². The first kappa shape index (κ1) is 50.9. The van der Waals surface area contributed by atoms with Crippen LogP contribution in [0.2, 0.25) is 0 Å². The molecule has 0 aliphatic carbocycles. The number of ketones is 2. The average molecular weight is 792 g/mol. The molecule has 19 heteroatoms. The summed E-state index contributed by atoms with van der Waals surface area (Å²) in [6.07, 6.45) is 3.06. The summed E-state index contributed by atoms with van der Waals surface area (Å²) < 4.78 is 22.9. The number of ether oxygens (including phenoxy) is 5. The van der Waals surface area contributed by atoms with Gasteiger partial charge in [-0.25, -0.2) is 0 Å². The van der Waals surface area contributed by atoms with Crippen LogP contribution in [0.15, 0.2) is 42.5 Å². The van der Waals surface area contributed by atoms with Gasteiger partial charge >= 0.3 is 29.8 Å². The second-order valence-electron chi connectivity index (χ2n) is 12.3. The predicted octanol–water partition coefficient (Wildman–Crippen LogP) is -0.383. The lowest BCUT2D eigenvalue weighted by Crippen LogP contribution is -2.29. The van der Waals surface area contributed by atoms with E-state index in [9.17, 15) is 33.6 Å². The average Bonchev–Trinajstić information content (AvgIpc) is 3.21. The number of carbonyl (C=O) groups excluding carboxylic acids is 7. The molecule has 19 nitrogen and oxygen atoms in total. The van der Waals surface area contributed by atoms with Gasteiger partial charge in [0.15, 0.2) is 0 Å². The lowest BCUT2D eigenvalue weighted by atomic mass is 9.94. The van der Waals surface area contributed by atoms with Gasteiger partial charge in [-0.15, -0.1) is 0 Å². The molecule has 14 N–H and O–H groups in total. The van der Waals surface area contributed by atoms with Crippen LogP contribution in [-0.2, 0) is 57.2 Å². The quantitative estimate of drug-likeness (QED) is 0.0609. The van der Waals surface area contributed by atoms with Crippen LogP contribution in [-0.4, -0.2) is 89.0 Å². The minimum Gasteiger partial charge on any atom is -0.468 e. The van der Waals surface area contributed by atoms with E-state index in [1.54, 1.807) is 24.3 Å². The first-order chi connectivity index (χ1) is 26.2. The van der Waals surface area contributed by atoms with Crippen molar-refractivity contribution < 1.29 is 57.2 Å². The molecule has 0 aliphatic rings. The first-order valence-electron chi connectivity index (χ1n) is 17.2. The van der Waals surface area contributed by atoms with E-state index in [-0.39, 0.29) is 40.3 Å². The van der Waals surface area contributed by atoms with E-state index in [1.807, 2.05) is 0 Å². The van der Waals surface area contributed by atoms with E-state index < -0.39 is 60.1 Å². The zero-order valence-corrected chi connectivity index (χ0v) is 32.9. The molecule has 0 aromatic heterocycles. The molecule has 2 aromatic rings. The molecule has 2 aromatic carbocycles. The summed E-state index contributed by atoms with van der Waals surface area (Å²) in [7, 11) is 6.05. The summed E-state index contributed by atoms with van der Waals surface area (Å²) in [5.41, 5.74) is 41.8. The molecule has 2 rings (SSSR count). The van der Waals surface area contributed by atoms with Gasteiger partial charge in [0.1, 0.15) is 41.8 Å². The summed E-state index contributed by atoms with van der Waals surface area (Å²) in [4.78, 5) is 79.4. The Morgan fingerprint density at radius 3 is 0.893 bits per heavy atom. The third kappa shape index (κ3) is 16.3. The Morgan fingerprint density at radius 2 is 0.679 bits per heavy atom. The minimum atomic E-state index is -1.14. The zero-order valence-electron chi connectivity index (χ0n) is 32.9. The normalized spacial score (nSPS) is 14.2. The molecule has 0 heterocycles. The van der Waals surface area contributed by atoms with Gasteiger partial charge in [0.05, 0.1) is 47.6 Å². The van der Waals surface area contributed by atoms with Gasteiger partial charge in [0.25, 0.3) is 0 Å². The van der Waals surface area contributed by atoms with Crippen molar-refractivity contribution in [1.82, 2.24) is 0 Å². The van der Waals surface area contributed by atoms with Gasteiger partial charge in [-0.05, 0) is 54.5 Å². The van der Waals surface area contributed by atoms with Crippen LogP contribution in [0, 0.1) is 0 Å². The molecule has 0 saturated carbocycles. The fraction of sp³-hybridized carbons (Fsp3) is 0.486. The van der Waals surface area contributed by atoms with Crippen LogP contribution >= 0.6 is 0 Å². The SMILES string of the molecule is CC(=O)C(N)CCCCC(N)C(C)=O.COC(=O)C(N)c1cc(C(N)C(=O)OC)cc(C(N)C(=O)OC)c1.COC(=O)C(N)c1ccccc1C(N)C(=O)OC. The number of esters is 5. The highest BCUT2D eigenvalue weighted by molar-refractivity contribution is 5.83. The molecule has 7 unspecified atom stereocenters. The Hall–Kier alpha value is -5.15. The Bertz CT molecular complexity index is 1480. The summed E-state index contributed by atoms with van der Waals surface area (Å²) in [5.74, 6) is -3.26. The zero-order chi connectivity index (χ0) is 43.3. The van der Waals surface area contributed by atoms with E-state index in [1.165, 1.54) is 67.6 Å². The molecule has 0 radical (unpaired) electrons. The van der Waals surface area contributed by atoms with Crippen molar-refractivity contribution in [1.29, 1.82) is 0 Å². The van der Waals surface area contributed by atoms with Crippen LogP contribution in [0.4, 0.5) is 0 Å². The highest BCUT2D eigenvalue weighted by Crippen LogP contribution is 2.25. The topological polar surface area (TPSA) is 348 Å². The van der Waals surface area contributed by atoms with Gasteiger partial charge in [0, 0.05) is 0 Å². The van der Waals surface area contributed by atoms with Crippen LogP contribution in [0.25, 0.3) is 0 Å². The van der Waals surface area contributed by atoms with Crippen LogP contribution in [0.3, 0.4) is 0 Å². The first-order valence-corrected chi connectivity index (χ1v) is 17.2. The number of benzene rings is 2. The molecular weight excluding hydrogens is 734 g/mol. The van der Waals surface area contributed by atoms with Gasteiger partial charge in [-0.2, -0.15) is 0 Å². The van der Waals surface area contributed by atoms with Crippen molar-refractivity contribution in [2.45, 2.75) is 81.8 Å². The van der Waals surface area contributed by atoms with Crippen molar-refractivity contribution in [2.75, 3.05) is 35.5 Å². The highest BCUT2D eigenvalue weighted by atomic mass is 16.5. The third-order valence-corrected chi connectivity index (χ3v) is 8.34. The smallest absolute Gasteiger partial charge is 0.327 e. The maximum atomic E-state index is 11.7. The monoisotopic (exact) mass is 791 g/mol. The molecule has 7 atom stereocenters. The lowest BCUT2D eigenvalue weighted by Gasteiger charge is -2.18. The largest absolute Gasteiger partial charge is 0.468 e. The predicted molar refractivity (Wildman–Crippen MR) is 203 cm³/mol. The van der Waals surface area contributed by atoms with Gasteiger partial charge in [-0.1, -0.05) is 55.3 Å². The molecule has 0 amide bonds. The van der Waals surface area contributed by atoms with Gasteiger partial charge < -0.3 is 63.8 Å². The molecule has 312 valence electrons. The number of rotatable bonds is 17. The van der Waals surface area contributed by atoms with Crippen molar-refractivity contribution in [2.24, 2.45) is 40.1 Å². The fourth-order valence-electron chi connectivity index (χ4n) is 4.75. The van der Waals surface area contributed by atoms with Crippen LogP contribution < -0.4 is 40.1 Å². The minimum absolute atomic E-state index is 0.0147. The Balaban J connectivity index is 0.000000843. The maximum absolute atomic E-state index is 11.7. The fourth-order valence-corrected chi connectivity index (χ4v) is 4.75. The lowest BCUT2D eigenvalue weighted by molar-refractivity contribution is -0.143. The number of Topliss-reactive ketones (excluding diaryl/α,β-unsaturated/α-hetero) is 2. The van der Waals surface area contributed by atoms with E-state index in [0.717, 1.165) is 12.8 Å². The molecule has 0 aliphatic heterocycles. The molecule has 56 heavy (non-hydrogen) atoms. The number of carbonyl (C=O) groups is 7. The molecule has 0 bridgehead atoms. The summed E-state index contributed by atoms with van der Waals surface area (Å²) >= 11 is 0. The second-order valence-corrected chi connectivity index (χ2v) is 12.3. The Labute approximate surface area is 326 Å². The van der Waals surface area contributed by atoms with Gasteiger partial charge in [0.2, 0.25) is 0 Å². The van der Waals surface area contributed by atoms with E-state index >= 15 is 0 Å². The summed E-state index contributed by atoms with van der Waals surface area (Å²) in [6.45, 7) is 2.98. The van der Waals surface area contributed by atoms with Crippen molar-refractivity contribution in [3.63, 3.8) is 0 Å². The molecule has 0 spiro atoms. The van der Waals surface area contributed by atoms with Crippen LogP contribution in [0.5, 0.6) is 0 Å². The standard InChI is InChI=1S/C15H21N3O6.C12H16N2O4.C10H20N2O2/c1-22-13(19)10(16)7-4-8(11(17)14(20)23-2)6-9(5-7)12(18)15(21)24-3;1-17-11(15)9(13)7-5-3-4-6-8(7)10(14)12(16)18-2;1-7(13)9(11)5-3-4-6-10(12)8(2)14/h4-6,10-12H,16-18H2,1-3H3;3-6,9-10H,13-14H2,1-2H3;9-10H,3-6,11-12H2,1-2H3. The maximum Gasteiger partial charge on any atom is 0.327 e. The summed E-state index contributed by atoms with van der Waals surface area (Å²) in [6, 6.07) is 4.92. The van der Waals surface area contributed by atoms with Crippen molar-refractivity contribution in [3.05, 3.63) is 70.3 Å². The number of unbranched alkanes of at least 4 members (excludes halogenated alkanes) is 1. The van der Waals surface area contributed by atoms with E-state index in [2.05, 4.69) is 23.7 Å². The van der Waals surface area contributed by atoms with E-state index in [4.69, 9.17) is 40.1 Å². The van der Waals surface area contributed by atoms with Crippen molar-refractivity contribution >= 4 is 41.4 Å². The Morgan fingerprint density at radius 1 is 0.446 bits per heavy atom. The summed E-state index contributed by atoms with van der Waals surface area (Å²) in [5, 5.41) is 0. The Kier molecular flexibility index (Phi) is 23.5. The molecule has 0 fully saturated rings. The molecular formula is C37H57N7O12. The highest BCUT2D eigenvalue weighted by Gasteiger charge is 2.27. The third-order valence-electron chi connectivity index (χ3n) is 8.34. The number of methoxy groups -OCH3 is 5. The number of nitrogens with two attached hydrogens (primary N) is 7. The van der Waals surface area contributed by atoms with Crippen molar-refractivity contribution in [3.8, 4) is 0 Å². The molecule has 0 saturated heterocycles. The second kappa shape index (κ2) is 25.8. The van der Waals surface area contributed by atoms with Gasteiger partial charge in [-0.3, -0.25) is 33.6 Å².